The third-order valence-electron chi connectivity index (χ3n) is 11.5. The highest BCUT2D eigenvalue weighted by molar-refractivity contribution is 5.84. The average Bonchev–Trinajstić information content (AvgIpc) is 3.24. The number of allylic oxidation sites excluding steroid dienone is 6. The van der Waals surface area contributed by atoms with Crippen molar-refractivity contribution < 1.29 is 33.7 Å². The number of esters is 2. The van der Waals surface area contributed by atoms with Gasteiger partial charge in [0, 0.05) is 30.4 Å². The Bertz CT molecular complexity index is 1450. The summed E-state index contributed by atoms with van der Waals surface area (Å²) in [6.07, 6.45) is 46.2. The molecule has 0 radical (unpaired) electrons. The second-order valence-corrected chi connectivity index (χ2v) is 17.7. The highest BCUT2D eigenvalue weighted by Gasteiger charge is 2.19. The number of aromatic hydroxyl groups is 1. The number of phenols is 1. The molecule has 1 rings (SSSR count). The van der Waals surface area contributed by atoms with Crippen LogP contribution in [0.3, 0.4) is 0 Å². The monoisotopic (exact) mass is 863 g/mol. The molecule has 0 saturated heterocycles. The summed E-state index contributed by atoms with van der Waals surface area (Å²) < 4.78 is 17.1. The summed E-state index contributed by atoms with van der Waals surface area (Å²) in [5.41, 5.74) is 3.01. The van der Waals surface area contributed by atoms with Crippen molar-refractivity contribution in [3.8, 4) is 11.5 Å². The van der Waals surface area contributed by atoms with E-state index in [-0.39, 0.29) is 29.9 Å². The Morgan fingerprint density at radius 3 is 1.66 bits per heavy atom. The maximum atomic E-state index is 12.8. The van der Waals surface area contributed by atoms with Gasteiger partial charge >= 0.3 is 11.9 Å². The molecule has 0 spiro atoms. The first-order valence-electron chi connectivity index (χ1n) is 25.0. The predicted molar refractivity (Wildman–Crippen MR) is 260 cm³/mol. The highest BCUT2D eigenvalue weighted by Crippen LogP contribution is 2.35. The van der Waals surface area contributed by atoms with Crippen LogP contribution in [0.15, 0.2) is 53.7 Å². The molecule has 0 amide bonds. The lowest BCUT2D eigenvalue weighted by atomic mass is 9.98. The Morgan fingerprint density at radius 2 is 1.15 bits per heavy atom. The van der Waals surface area contributed by atoms with Crippen LogP contribution in [-0.4, -0.2) is 36.5 Å². The van der Waals surface area contributed by atoms with Crippen molar-refractivity contribution in [3.63, 3.8) is 0 Å². The molecular weight excluding hydrogens is 773 g/mol. The summed E-state index contributed by atoms with van der Waals surface area (Å²) in [7, 11) is 1.51. The van der Waals surface area contributed by atoms with Gasteiger partial charge in [-0.25, -0.2) is 0 Å². The van der Waals surface area contributed by atoms with Gasteiger partial charge in [0.25, 0.3) is 0 Å². The van der Waals surface area contributed by atoms with Crippen LogP contribution in [0, 0.1) is 0 Å². The molecule has 0 heterocycles. The van der Waals surface area contributed by atoms with Crippen molar-refractivity contribution in [2.24, 2.45) is 0 Å². The first-order chi connectivity index (χ1) is 30.2. The molecule has 1 N–H and O–H groups in total. The summed E-state index contributed by atoms with van der Waals surface area (Å²) in [6.45, 7) is 10.3. The lowest BCUT2D eigenvalue weighted by Gasteiger charge is -2.17. The van der Waals surface area contributed by atoms with Crippen molar-refractivity contribution >= 4 is 18.2 Å². The molecular formula is C55H90O7. The fraction of sp³-hybridized carbons (Fsp3) is 0.691. The normalized spacial score (nSPS) is 12.3. The Kier molecular flexibility index (Phi) is 35.5. The molecule has 0 bridgehead atoms. The number of phenolic OH excluding ortho intramolecular Hbond substituents is 1. The number of unbranched alkanes of at least 4 members (excludes halogenated alkanes) is 22. The first-order valence-corrected chi connectivity index (χ1v) is 25.0. The Balaban J connectivity index is 2.48. The number of hydrogen-bond acceptors (Lipinski definition) is 7. The topological polar surface area (TPSA) is 99.1 Å². The van der Waals surface area contributed by atoms with Crippen LogP contribution in [0.5, 0.6) is 11.5 Å². The van der Waals surface area contributed by atoms with Crippen molar-refractivity contribution in [1.29, 1.82) is 0 Å². The zero-order valence-corrected chi connectivity index (χ0v) is 40.5. The molecule has 0 fully saturated rings. The summed E-state index contributed by atoms with van der Waals surface area (Å²) in [5, 5.41) is 11.2. The Hall–Kier alpha value is -3.61. The maximum absolute atomic E-state index is 12.8. The summed E-state index contributed by atoms with van der Waals surface area (Å²) in [5.74, 6) is -0.265. The minimum absolute atomic E-state index is 0.0938. The van der Waals surface area contributed by atoms with Crippen LogP contribution in [-0.2, 0) is 32.1 Å². The van der Waals surface area contributed by atoms with Gasteiger partial charge in [0.15, 0.2) is 6.29 Å². The molecule has 1 atom stereocenters. The van der Waals surface area contributed by atoms with Gasteiger partial charge < -0.3 is 19.3 Å². The van der Waals surface area contributed by atoms with Crippen LogP contribution >= 0.6 is 0 Å². The van der Waals surface area contributed by atoms with Crippen molar-refractivity contribution in [3.05, 3.63) is 70.4 Å². The lowest BCUT2D eigenvalue weighted by molar-refractivity contribution is -0.147. The van der Waals surface area contributed by atoms with E-state index in [9.17, 15) is 19.5 Å². The molecule has 62 heavy (non-hydrogen) atoms. The van der Waals surface area contributed by atoms with Gasteiger partial charge in [-0.3, -0.25) is 14.4 Å². The summed E-state index contributed by atoms with van der Waals surface area (Å²) in [6, 6.07) is 1.67. The third-order valence-corrected chi connectivity index (χ3v) is 11.5. The van der Waals surface area contributed by atoms with Crippen molar-refractivity contribution in [2.45, 2.75) is 240 Å². The molecule has 0 aliphatic carbocycles. The van der Waals surface area contributed by atoms with E-state index in [1.165, 1.54) is 123 Å². The number of aldehydes is 1. The molecule has 1 aromatic rings. The molecule has 0 aromatic heterocycles. The van der Waals surface area contributed by atoms with E-state index in [1.807, 2.05) is 32.9 Å². The van der Waals surface area contributed by atoms with Crippen LogP contribution < -0.4 is 4.74 Å². The number of benzene rings is 1. The van der Waals surface area contributed by atoms with Gasteiger partial charge in [-0.15, -0.1) is 0 Å². The number of carbonyl (C=O) groups excluding carboxylic acids is 3. The molecule has 1 aromatic carbocycles. The fourth-order valence-corrected chi connectivity index (χ4v) is 7.75. The maximum Gasteiger partial charge on any atom is 0.306 e. The summed E-state index contributed by atoms with van der Waals surface area (Å²) in [4.78, 5) is 37.6. The van der Waals surface area contributed by atoms with Gasteiger partial charge in [-0.1, -0.05) is 177 Å². The lowest BCUT2D eigenvalue weighted by Crippen LogP contribution is -2.17. The predicted octanol–water partition coefficient (Wildman–Crippen LogP) is 16.1. The standard InChI is InChI=1S/C55H90O7/c1-7-9-11-13-15-17-19-21-23-25-27-29-31-33-35-37-53(57)61-45-48-43-52(60-6)50(55(59)51(48)44-56)40-39-47(5)42-49(41-46(3)4)62-54(58)38-36-34-32-30-28-26-24-22-20-18-16-14-12-10-8-2/h16,18,22,24,39,41,43-44,49,59H,7-15,17,19-21,23,25-38,40,42,45H2,1-6H3/b18-16-,24-22-,47-39?/t49-/m1/s1. The Morgan fingerprint density at radius 1 is 0.661 bits per heavy atom. The SMILES string of the molecule is CCCCC/C=C\C/C=C\CCCCCCCC(=O)O[C@H](C=C(C)C)CC(C)=CCc1c(OC)cc(COC(=O)CCCCCCCCCCCCCCCCC)c(C=O)c1O. The van der Waals surface area contributed by atoms with Gasteiger partial charge in [0.2, 0.25) is 0 Å². The quantitative estimate of drug-likeness (QED) is 0.0304. The Labute approximate surface area is 379 Å². The van der Waals surface area contributed by atoms with Crippen molar-refractivity contribution in [2.75, 3.05) is 7.11 Å². The minimum Gasteiger partial charge on any atom is -0.507 e. The molecule has 0 unspecified atom stereocenters. The zero-order valence-electron chi connectivity index (χ0n) is 40.5. The van der Waals surface area contributed by atoms with E-state index >= 15 is 0 Å². The number of hydrogen-bond donors (Lipinski definition) is 1. The first kappa shape index (κ1) is 56.4. The second kappa shape index (κ2) is 39.0. The average molecular weight is 863 g/mol. The van der Waals surface area contributed by atoms with E-state index in [0.29, 0.717) is 48.8 Å². The van der Waals surface area contributed by atoms with E-state index in [0.717, 1.165) is 62.5 Å². The van der Waals surface area contributed by atoms with E-state index < -0.39 is 6.10 Å². The number of rotatable bonds is 40. The number of methoxy groups -OCH3 is 1. The summed E-state index contributed by atoms with van der Waals surface area (Å²) >= 11 is 0. The van der Waals surface area contributed by atoms with Crippen LogP contribution in [0.4, 0.5) is 0 Å². The third kappa shape index (κ3) is 29.6. The van der Waals surface area contributed by atoms with Crippen molar-refractivity contribution in [1.82, 2.24) is 0 Å². The van der Waals surface area contributed by atoms with E-state index in [2.05, 4.69) is 38.2 Å². The van der Waals surface area contributed by atoms with Gasteiger partial charge in [-0.2, -0.15) is 0 Å². The van der Waals surface area contributed by atoms with Crippen LogP contribution in [0.1, 0.15) is 242 Å². The fourth-order valence-electron chi connectivity index (χ4n) is 7.75. The molecule has 7 nitrogen and oxygen atoms in total. The minimum atomic E-state index is -0.394. The molecule has 352 valence electrons. The second-order valence-electron chi connectivity index (χ2n) is 17.7. The van der Waals surface area contributed by atoms with Crippen LogP contribution in [0.2, 0.25) is 0 Å². The molecule has 7 heteroatoms. The molecule has 0 saturated carbocycles. The largest absolute Gasteiger partial charge is 0.507 e. The smallest absolute Gasteiger partial charge is 0.306 e. The molecule has 0 aliphatic rings. The van der Waals surface area contributed by atoms with Gasteiger partial charge in [0.05, 0.1) is 12.7 Å². The van der Waals surface area contributed by atoms with Crippen LogP contribution in [0.25, 0.3) is 0 Å². The zero-order chi connectivity index (χ0) is 45.5. The molecule has 0 aliphatic heterocycles. The number of carbonyl (C=O) groups is 3. The van der Waals surface area contributed by atoms with Gasteiger partial charge in [-0.05, 0) is 84.3 Å². The van der Waals surface area contributed by atoms with E-state index in [4.69, 9.17) is 14.2 Å². The van der Waals surface area contributed by atoms with E-state index in [1.54, 1.807) is 6.07 Å². The highest BCUT2D eigenvalue weighted by atomic mass is 16.5. The van der Waals surface area contributed by atoms with Gasteiger partial charge in [0.1, 0.15) is 24.2 Å². The number of ether oxygens (including phenoxy) is 3.